The first-order valence-electron chi connectivity index (χ1n) is 7.13. The summed E-state index contributed by atoms with van der Waals surface area (Å²) in [6, 6.07) is 4.64. The highest BCUT2D eigenvalue weighted by Gasteiger charge is 2.03. The number of unbranched alkanes of at least 4 members (excludes halogenated alkanes) is 1. The van der Waals surface area contributed by atoms with Crippen LogP contribution in [0.5, 0.6) is 0 Å². The van der Waals surface area contributed by atoms with E-state index >= 15 is 0 Å². The van der Waals surface area contributed by atoms with Gasteiger partial charge < -0.3 is 15.4 Å². The summed E-state index contributed by atoms with van der Waals surface area (Å²) < 4.78 is 19.4. The van der Waals surface area contributed by atoms with E-state index in [9.17, 15) is 4.39 Å². The molecule has 1 aromatic rings. The van der Waals surface area contributed by atoms with Crippen LogP contribution >= 0.6 is 15.9 Å². The third-order valence-corrected chi connectivity index (χ3v) is 3.66. The van der Waals surface area contributed by atoms with Gasteiger partial charge in [-0.1, -0.05) is 15.9 Å². The fourth-order valence-electron chi connectivity index (χ4n) is 1.76. The molecule has 0 aromatic heterocycles. The van der Waals surface area contributed by atoms with Gasteiger partial charge in [0.25, 0.3) is 0 Å². The van der Waals surface area contributed by atoms with Gasteiger partial charge in [-0.3, -0.25) is 4.99 Å². The molecule has 0 saturated heterocycles. The average Bonchev–Trinajstić information content (AvgIpc) is 2.49. The van der Waals surface area contributed by atoms with Gasteiger partial charge in [0.1, 0.15) is 5.82 Å². The number of hydrogen-bond acceptors (Lipinski definition) is 2. The van der Waals surface area contributed by atoms with Crippen molar-refractivity contribution < 1.29 is 9.13 Å². The van der Waals surface area contributed by atoms with E-state index in [-0.39, 0.29) is 5.82 Å². The van der Waals surface area contributed by atoms with Gasteiger partial charge in [0.15, 0.2) is 5.96 Å². The highest BCUT2D eigenvalue weighted by Crippen LogP contribution is 2.17. The lowest BCUT2D eigenvalue weighted by molar-refractivity contribution is 0.143. The lowest BCUT2D eigenvalue weighted by atomic mass is 10.2. The van der Waals surface area contributed by atoms with E-state index in [1.54, 1.807) is 13.1 Å². The number of hydrogen-bond donors (Lipinski definition) is 2. The summed E-state index contributed by atoms with van der Waals surface area (Å²) in [4.78, 5) is 4.14. The van der Waals surface area contributed by atoms with E-state index in [0.29, 0.717) is 12.5 Å². The van der Waals surface area contributed by atoms with Gasteiger partial charge in [0.2, 0.25) is 0 Å². The second-order valence-corrected chi connectivity index (χ2v) is 5.35. The number of nitrogens with zero attached hydrogens (tertiary/aromatic N) is 1. The van der Waals surface area contributed by atoms with E-state index in [1.165, 1.54) is 12.1 Å². The summed E-state index contributed by atoms with van der Waals surface area (Å²) in [5.74, 6) is 0.469. The van der Waals surface area contributed by atoms with E-state index in [1.807, 2.05) is 6.92 Å². The Hall–Kier alpha value is -1.14. The summed E-state index contributed by atoms with van der Waals surface area (Å²) in [7, 11) is 1.72. The van der Waals surface area contributed by atoms with E-state index in [0.717, 1.165) is 42.6 Å². The summed E-state index contributed by atoms with van der Waals surface area (Å²) in [6.45, 7) is 4.89. The third kappa shape index (κ3) is 7.43. The van der Waals surface area contributed by atoms with Crippen molar-refractivity contribution >= 4 is 21.9 Å². The summed E-state index contributed by atoms with van der Waals surface area (Å²) in [6.07, 6.45) is 2.04. The van der Waals surface area contributed by atoms with Crippen LogP contribution in [0.4, 0.5) is 4.39 Å². The number of ether oxygens (including phenoxy) is 1. The molecule has 0 aliphatic heterocycles. The van der Waals surface area contributed by atoms with Gasteiger partial charge in [0.05, 0.1) is 0 Å². The lowest BCUT2D eigenvalue weighted by Gasteiger charge is -2.12. The lowest BCUT2D eigenvalue weighted by Crippen LogP contribution is -2.37. The fourth-order valence-corrected chi connectivity index (χ4v) is 2.15. The Morgan fingerprint density at radius 2 is 2.14 bits per heavy atom. The van der Waals surface area contributed by atoms with Crippen LogP contribution in [0.1, 0.15) is 25.3 Å². The van der Waals surface area contributed by atoms with Crippen LogP contribution in [0.3, 0.4) is 0 Å². The van der Waals surface area contributed by atoms with Crippen molar-refractivity contribution in [3.8, 4) is 0 Å². The van der Waals surface area contributed by atoms with Crippen molar-refractivity contribution in [2.24, 2.45) is 4.99 Å². The molecule has 1 aromatic carbocycles. The molecule has 1 rings (SSSR count). The van der Waals surface area contributed by atoms with Crippen molar-refractivity contribution in [1.82, 2.24) is 10.6 Å². The molecule has 2 N–H and O–H groups in total. The van der Waals surface area contributed by atoms with Crippen LogP contribution in [0.2, 0.25) is 0 Å². The first-order chi connectivity index (χ1) is 10.2. The minimum absolute atomic E-state index is 0.242. The molecule has 0 fully saturated rings. The number of aliphatic imine (C=N–C) groups is 1. The van der Waals surface area contributed by atoms with Crippen molar-refractivity contribution in [3.05, 3.63) is 34.1 Å². The van der Waals surface area contributed by atoms with Gasteiger partial charge in [-0.2, -0.15) is 0 Å². The predicted octanol–water partition coefficient (Wildman–Crippen LogP) is 3.07. The van der Waals surface area contributed by atoms with Crippen LogP contribution in [-0.2, 0) is 11.3 Å². The van der Waals surface area contributed by atoms with Gasteiger partial charge in [-0.05, 0) is 43.5 Å². The number of benzene rings is 1. The van der Waals surface area contributed by atoms with E-state index in [4.69, 9.17) is 4.74 Å². The van der Waals surface area contributed by atoms with Crippen LogP contribution in [0, 0.1) is 5.82 Å². The molecular formula is C15H23BrFN3O. The van der Waals surface area contributed by atoms with E-state index in [2.05, 4.69) is 31.6 Å². The number of halogens is 2. The molecule has 0 atom stereocenters. The molecule has 0 heterocycles. The first-order valence-corrected chi connectivity index (χ1v) is 7.92. The zero-order valence-corrected chi connectivity index (χ0v) is 14.2. The van der Waals surface area contributed by atoms with Crippen molar-refractivity contribution in [1.29, 1.82) is 0 Å². The predicted molar refractivity (Wildman–Crippen MR) is 88.0 cm³/mol. The minimum Gasteiger partial charge on any atom is -0.382 e. The zero-order valence-electron chi connectivity index (χ0n) is 12.6. The highest BCUT2D eigenvalue weighted by molar-refractivity contribution is 9.10. The topological polar surface area (TPSA) is 45.6 Å². The molecule has 0 aliphatic rings. The highest BCUT2D eigenvalue weighted by atomic mass is 79.9. The summed E-state index contributed by atoms with van der Waals surface area (Å²) >= 11 is 3.41. The first kappa shape index (κ1) is 17.9. The summed E-state index contributed by atoms with van der Waals surface area (Å²) in [5, 5.41) is 6.39. The molecule has 0 aliphatic carbocycles. The zero-order chi connectivity index (χ0) is 15.5. The van der Waals surface area contributed by atoms with Crippen LogP contribution in [0.15, 0.2) is 27.7 Å². The van der Waals surface area contributed by atoms with Crippen LogP contribution < -0.4 is 10.6 Å². The Morgan fingerprint density at radius 1 is 1.33 bits per heavy atom. The smallest absolute Gasteiger partial charge is 0.191 e. The number of rotatable bonds is 8. The standard InChI is InChI=1S/C15H23BrFN3O/c1-3-21-9-5-4-8-19-15(18-2)20-11-12-10-13(17)6-7-14(12)16/h6-7,10H,3-5,8-9,11H2,1-2H3,(H2,18,19,20). The molecule has 0 saturated carbocycles. The SMILES string of the molecule is CCOCCCCNC(=NC)NCc1cc(F)ccc1Br. The van der Waals surface area contributed by atoms with Crippen LogP contribution in [-0.4, -0.2) is 32.8 Å². The maximum absolute atomic E-state index is 13.2. The second kappa shape index (κ2) is 10.6. The monoisotopic (exact) mass is 359 g/mol. The van der Waals surface area contributed by atoms with Crippen molar-refractivity contribution in [2.75, 3.05) is 26.8 Å². The number of guanidine groups is 1. The normalized spacial score (nSPS) is 11.5. The Balaban J connectivity index is 2.30. The Labute approximate surface area is 134 Å². The van der Waals surface area contributed by atoms with Gasteiger partial charge in [-0.15, -0.1) is 0 Å². The number of nitrogens with one attached hydrogen (secondary N) is 2. The Kier molecular flexibility index (Phi) is 9.01. The Bertz CT molecular complexity index is 455. The molecular weight excluding hydrogens is 337 g/mol. The molecule has 4 nitrogen and oxygen atoms in total. The largest absolute Gasteiger partial charge is 0.382 e. The van der Waals surface area contributed by atoms with Gasteiger partial charge >= 0.3 is 0 Å². The molecule has 118 valence electrons. The maximum atomic E-state index is 13.2. The molecule has 21 heavy (non-hydrogen) atoms. The molecule has 0 spiro atoms. The summed E-state index contributed by atoms with van der Waals surface area (Å²) in [5.41, 5.74) is 0.856. The quantitative estimate of drug-likeness (QED) is 0.426. The van der Waals surface area contributed by atoms with Crippen molar-refractivity contribution in [3.63, 3.8) is 0 Å². The maximum Gasteiger partial charge on any atom is 0.191 e. The minimum atomic E-state index is -0.242. The average molecular weight is 360 g/mol. The van der Waals surface area contributed by atoms with Gasteiger partial charge in [0, 0.05) is 37.8 Å². The molecule has 0 radical (unpaired) electrons. The third-order valence-electron chi connectivity index (χ3n) is 2.89. The Morgan fingerprint density at radius 3 is 2.86 bits per heavy atom. The van der Waals surface area contributed by atoms with Gasteiger partial charge in [-0.25, -0.2) is 4.39 Å². The van der Waals surface area contributed by atoms with Crippen molar-refractivity contribution in [2.45, 2.75) is 26.3 Å². The fraction of sp³-hybridized carbons (Fsp3) is 0.533. The molecule has 0 amide bonds. The van der Waals surface area contributed by atoms with Crippen LogP contribution in [0.25, 0.3) is 0 Å². The molecule has 6 heteroatoms. The van der Waals surface area contributed by atoms with E-state index < -0.39 is 0 Å². The molecule has 0 bridgehead atoms. The molecule has 0 unspecified atom stereocenters. The second-order valence-electron chi connectivity index (χ2n) is 4.49.